The second-order valence-corrected chi connectivity index (χ2v) is 5.25. The molecule has 0 aliphatic carbocycles. The van der Waals surface area contributed by atoms with Crippen molar-refractivity contribution in [3.05, 3.63) is 54.0 Å². The van der Waals surface area contributed by atoms with E-state index in [1.54, 1.807) is 36.4 Å². The summed E-state index contributed by atoms with van der Waals surface area (Å²) in [4.78, 5) is 26.1. The lowest BCUT2D eigenvalue weighted by molar-refractivity contribution is 0.0762. The Balaban J connectivity index is 2.01. The van der Waals surface area contributed by atoms with E-state index in [9.17, 15) is 9.59 Å². The largest absolute Gasteiger partial charge is 0.459 e. The number of hydrogen-bond donors (Lipinski definition) is 1. The molecule has 2 rings (SSSR count). The molecule has 1 aromatic carbocycles. The fraction of sp³-hybridized carbons (Fsp3) is 0.333. The summed E-state index contributed by atoms with van der Waals surface area (Å²) in [6.07, 6.45) is 3.50. The van der Waals surface area contributed by atoms with E-state index in [1.165, 1.54) is 6.26 Å². The van der Waals surface area contributed by atoms with Crippen LogP contribution in [0.2, 0.25) is 0 Å². The summed E-state index contributed by atoms with van der Waals surface area (Å²) in [5, 5.41) is 2.73. The molecule has 5 heteroatoms. The van der Waals surface area contributed by atoms with Crippen LogP contribution < -0.4 is 5.32 Å². The van der Waals surface area contributed by atoms with Crippen molar-refractivity contribution in [1.29, 1.82) is 0 Å². The Morgan fingerprint density at radius 2 is 1.87 bits per heavy atom. The van der Waals surface area contributed by atoms with Gasteiger partial charge in [-0.05, 0) is 49.7 Å². The Labute approximate surface area is 136 Å². The van der Waals surface area contributed by atoms with Gasteiger partial charge >= 0.3 is 0 Å². The smallest absolute Gasteiger partial charge is 0.291 e. The van der Waals surface area contributed by atoms with Crippen LogP contribution in [0.3, 0.4) is 0 Å². The van der Waals surface area contributed by atoms with Crippen molar-refractivity contribution in [2.24, 2.45) is 0 Å². The van der Waals surface area contributed by atoms with E-state index < -0.39 is 0 Å². The summed E-state index contributed by atoms with van der Waals surface area (Å²) in [6, 6.07) is 10.2. The average Bonchev–Trinajstić information content (AvgIpc) is 3.10. The summed E-state index contributed by atoms with van der Waals surface area (Å²) in [7, 11) is 0. The van der Waals surface area contributed by atoms with Crippen LogP contribution in [-0.4, -0.2) is 29.8 Å². The molecule has 0 unspecified atom stereocenters. The number of furan rings is 1. The molecular weight excluding hydrogens is 292 g/mol. The number of benzene rings is 1. The predicted octanol–water partition coefficient (Wildman–Crippen LogP) is 3.79. The van der Waals surface area contributed by atoms with Crippen LogP contribution in [0.4, 0.5) is 5.69 Å². The highest BCUT2D eigenvalue weighted by molar-refractivity contribution is 6.02. The third-order valence-corrected chi connectivity index (χ3v) is 3.59. The molecule has 0 radical (unpaired) electrons. The van der Waals surface area contributed by atoms with Gasteiger partial charge < -0.3 is 14.6 Å². The van der Waals surface area contributed by atoms with Crippen molar-refractivity contribution in [3.63, 3.8) is 0 Å². The van der Waals surface area contributed by atoms with E-state index in [4.69, 9.17) is 4.42 Å². The Kier molecular flexibility index (Phi) is 5.97. The minimum Gasteiger partial charge on any atom is -0.459 e. The topological polar surface area (TPSA) is 62.6 Å². The Morgan fingerprint density at radius 3 is 2.43 bits per heavy atom. The van der Waals surface area contributed by atoms with Crippen molar-refractivity contribution >= 4 is 17.5 Å². The summed E-state index contributed by atoms with van der Waals surface area (Å²) >= 11 is 0. The molecule has 2 aromatic rings. The fourth-order valence-electron chi connectivity index (χ4n) is 2.23. The van der Waals surface area contributed by atoms with Crippen molar-refractivity contribution in [1.82, 2.24) is 4.90 Å². The molecule has 23 heavy (non-hydrogen) atoms. The molecule has 0 fully saturated rings. The molecule has 122 valence electrons. The van der Waals surface area contributed by atoms with Gasteiger partial charge in [-0.2, -0.15) is 0 Å². The summed E-state index contributed by atoms with van der Waals surface area (Å²) in [5.41, 5.74) is 1.25. The zero-order valence-electron chi connectivity index (χ0n) is 13.5. The number of nitrogens with one attached hydrogen (secondary N) is 1. The van der Waals surface area contributed by atoms with E-state index >= 15 is 0 Å². The maximum absolute atomic E-state index is 12.4. The van der Waals surface area contributed by atoms with Gasteiger partial charge in [0.25, 0.3) is 11.8 Å². The SMILES string of the molecule is CCCCN(CC)C(=O)c1ccc(NC(=O)c2ccco2)cc1. The maximum atomic E-state index is 12.4. The summed E-state index contributed by atoms with van der Waals surface area (Å²) in [6.45, 7) is 5.54. The van der Waals surface area contributed by atoms with Crippen LogP contribution in [0.5, 0.6) is 0 Å². The molecule has 0 saturated carbocycles. The molecule has 0 aliphatic rings. The highest BCUT2D eigenvalue weighted by Crippen LogP contribution is 2.13. The first kappa shape index (κ1) is 16.8. The van der Waals surface area contributed by atoms with Gasteiger partial charge in [0.05, 0.1) is 6.26 Å². The Bertz CT molecular complexity index is 633. The van der Waals surface area contributed by atoms with Crippen LogP contribution in [0, 0.1) is 0 Å². The fourth-order valence-corrected chi connectivity index (χ4v) is 2.23. The van der Waals surface area contributed by atoms with Crippen LogP contribution in [0.15, 0.2) is 47.1 Å². The summed E-state index contributed by atoms with van der Waals surface area (Å²) in [5.74, 6) is -0.0426. The van der Waals surface area contributed by atoms with Crippen LogP contribution in [0.25, 0.3) is 0 Å². The van der Waals surface area contributed by atoms with Crippen LogP contribution in [0.1, 0.15) is 47.6 Å². The second kappa shape index (κ2) is 8.17. The monoisotopic (exact) mass is 314 g/mol. The first-order valence-electron chi connectivity index (χ1n) is 7.90. The van der Waals surface area contributed by atoms with Crippen LogP contribution >= 0.6 is 0 Å². The molecule has 0 aliphatic heterocycles. The van der Waals surface area contributed by atoms with E-state index in [0.29, 0.717) is 17.8 Å². The van der Waals surface area contributed by atoms with E-state index in [-0.39, 0.29) is 17.6 Å². The van der Waals surface area contributed by atoms with Gasteiger partial charge in [0.1, 0.15) is 0 Å². The molecule has 1 N–H and O–H groups in total. The van der Waals surface area contributed by atoms with Gasteiger partial charge in [0, 0.05) is 24.3 Å². The van der Waals surface area contributed by atoms with E-state index in [2.05, 4.69) is 12.2 Å². The number of nitrogens with zero attached hydrogens (tertiary/aromatic N) is 1. The van der Waals surface area contributed by atoms with Crippen molar-refractivity contribution < 1.29 is 14.0 Å². The van der Waals surface area contributed by atoms with Gasteiger partial charge in [-0.25, -0.2) is 0 Å². The molecule has 1 aromatic heterocycles. The van der Waals surface area contributed by atoms with Gasteiger partial charge in [-0.15, -0.1) is 0 Å². The Morgan fingerprint density at radius 1 is 1.13 bits per heavy atom. The molecule has 1 heterocycles. The van der Waals surface area contributed by atoms with Gasteiger partial charge in [-0.3, -0.25) is 9.59 Å². The van der Waals surface area contributed by atoms with Crippen LogP contribution in [-0.2, 0) is 0 Å². The highest BCUT2D eigenvalue weighted by atomic mass is 16.3. The first-order valence-corrected chi connectivity index (χ1v) is 7.90. The zero-order chi connectivity index (χ0) is 16.7. The van der Waals surface area contributed by atoms with Gasteiger partial charge in [-0.1, -0.05) is 13.3 Å². The molecule has 0 bridgehead atoms. The normalized spacial score (nSPS) is 10.3. The minimum atomic E-state index is -0.313. The van der Waals surface area contributed by atoms with E-state index in [1.807, 2.05) is 11.8 Å². The van der Waals surface area contributed by atoms with Gasteiger partial charge in [0.15, 0.2) is 5.76 Å². The lowest BCUT2D eigenvalue weighted by Crippen LogP contribution is -2.31. The quantitative estimate of drug-likeness (QED) is 0.845. The van der Waals surface area contributed by atoms with Crippen molar-refractivity contribution in [2.45, 2.75) is 26.7 Å². The van der Waals surface area contributed by atoms with Gasteiger partial charge in [0.2, 0.25) is 0 Å². The number of carbonyl (C=O) groups is 2. The molecule has 0 saturated heterocycles. The lowest BCUT2D eigenvalue weighted by Gasteiger charge is -2.20. The standard InChI is InChI=1S/C18H22N2O3/c1-3-5-12-20(4-2)18(22)14-8-10-15(11-9-14)19-17(21)16-7-6-13-23-16/h6-11,13H,3-5,12H2,1-2H3,(H,19,21). The lowest BCUT2D eigenvalue weighted by atomic mass is 10.1. The number of rotatable bonds is 7. The zero-order valence-corrected chi connectivity index (χ0v) is 13.5. The predicted molar refractivity (Wildman–Crippen MR) is 89.6 cm³/mol. The Hall–Kier alpha value is -2.56. The van der Waals surface area contributed by atoms with Crippen molar-refractivity contribution in [3.8, 4) is 0 Å². The minimum absolute atomic E-state index is 0.0184. The number of hydrogen-bond acceptors (Lipinski definition) is 3. The second-order valence-electron chi connectivity index (χ2n) is 5.25. The average molecular weight is 314 g/mol. The summed E-state index contributed by atoms with van der Waals surface area (Å²) < 4.78 is 5.04. The third-order valence-electron chi connectivity index (χ3n) is 3.59. The first-order chi connectivity index (χ1) is 11.2. The number of unbranched alkanes of at least 4 members (excludes halogenated alkanes) is 1. The highest BCUT2D eigenvalue weighted by Gasteiger charge is 2.14. The molecule has 0 spiro atoms. The molecule has 5 nitrogen and oxygen atoms in total. The molecule has 0 atom stereocenters. The molecular formula is C18H22N2O3. The van der Waals surface area contributed by atoms with E-state index in [0.717, 1.165) is 19.4 Å². The van der Waals surface area contributed by atoms with Crippen molar-refractivity contribution in [2.75, 3.05) is 18.4 Å². The number of amides is 2. The maximum Gasteiger partial charge on any atom is 0.291 e. The molecule has 2 amide bonds. The number of carbonyl (C=O) groups excluding carboxylic acids is 2. The number of anilines is 1. The third kappa shape index (κ3) is 4.45.